The average molecular weight is 391 g/mol. The van der Waals surface area contributed by atoms with Crippen molar-refractivity contribution in [1.82, 2.24) is 0 Å². The Morgan fingerprint density at radius 2 is 1.67 bits per heavy atom. The van der Waals surface area contributed by atoms with Crippen molar-refractivity contribution < 1.29 is 9.90 Å². The molecule has 0 saturated heterocycles. The molecule has 0 heterocycles. The van der Waals surface area contributed by atoms with Crippen LogP contribution in [0.2, 0.25) is 0 Å². The fraction of sp³-hybridized carbons (Fsp3) is 0.0833. The zero-order chi connectivity index (χ0) is 10.1. The maximum absolute atomic E-state index is 10.7. The monoisotopic (exact) mass is 391 g/mol. The third-order valence-corrected chi connectivity index (χ3v) is 2.24. The first kappa shape index (κ1) is 12.2. The van der Waals surface area contributed by atoms with E-state index >= 15 is 0 Å². The summed E-state index contributed by atoms with van der Waals surface area (Å²) in [5.74, 6) is -0.882. The van der Waals surface area contributed by atoms with Crippen molar-refractivity contribution in [3.8, 4) is 0 Å². The largest absolute Gasteiger partial charge is 0.478 e. The van der Waals surface area contributed by atoms with Gasteiger partial charge in [-0.2, -0.15) is 0 Å². The predicted octanol–water partition coefficient (Wildman–Crippen LogP) is 2.47. The van der Waals surface area contributed by atoms with Crippen molar-refractivity contribution >= 4 is 44.0 Å². The molecule has 1 radical (unpaired) electrons. The van der Waals surface area contributed by atoms with Gasteiger partial charge in [0.25, 0.3) is 0 Å². The van der Waals surface area contributed by atoms with E-state index in [1.165, 1.54) is 5.56 Å². The third-order valence-electron chi connectivity index (χ3n) is 2.24. The number of hydrogen-bond donors (Lipinski definition) is 1. The van der Waals surface area contributed by atoms with E-state index in [2.05, 4.69) is 0 Å². The van der Waals surface area contributed by atoms with E-state index in [1.54, 1.807) is 12.1 Å². The maximum atomic E-state index is 10.7. The van der Waals surface area contributed by atoms with Crippen LogP contribution in [-0.4, -0.2) is 38.4 Å². The van der Waals surface area contributed by atoms with Crippen LogP contribution >= 0.6 is 0 Å². The SMILES string of the molecule is Cc1ccc2cc(C(=O)O)ccc2c1.[Tl]. The molecule has 2 rings (SSSR count). The van der Waals surface area contributed by atoms with Gasteiger partial charge >= 0.3 is 5.97 Å². The van der Waals surface area contributed by atoms with E-state index in [1.807, 2.05) is 31.2 Å². The smallest absolute Gasteiger partial charge is 0.335 e. The molecule has 0 amide bonds. The molecule has 0 bridgehead atoms. The fourth-order valence-electron chi connectivity index (χ4n) is 1.50. The summed E-state index contributed by atoms with van der Waals surface area (Å²) in [6, 6.07) is 11.1. The Hall–Kier alpha value is -0.908. The minimum absolute atomic E-state index is 0. The minimum Gasteiger partial charge on any atom is -0.478 e. The average Bonchev–Trinajstić information content (AvgIpc) is 2.16. The summed E-state index contributed by atoms with van der Waals surface area (Å²) in [6.07, 6.45) is 0. The third kappa shape index (κ3) is 2.56. The van der Waals surface area contributed by atoms with Crippen molar-refractivity contribution in [3.05, 3.63) is 47.5 Å². The van der Waals surface area contributed by atoms with Gasteiger partial charge in [-0.05, 0) is 29.8 Å². The second-order valence-corrected chi connectivity index (χ2v) is 3.37. The molecule has 0 aromatic heterocycles. The standard InChI is InChI=1S/C12H10O2.Tl/c1-8-2-3-10-7-11(12(13)14)5-4-9(10)6-8;/h2-7H,1H3,(H,13,14);. The molecule has 0 saturated carbocycles. The van der Waals surface area contributed by atoms with E-state index in [0.717, 1.165) is 10.8 Å². The van der Waals surface area contributed by atoms with Gasteiger partial charge in [-0.1, -0.05) is 29.8 Å². The van der Waals surface area contributed by atoms with E-state index in [9.17, 15) is 4.79 Å². The zero-order valence-electron chi connectivity index (χ0n) is 8.40. The molecule has 0 unspecified atom stereocenters. The normalized spacial score (nSPS) is 9.67. The summed E-state index contributed by atoms with van der Waals surface area (Å²) >= 11 is 0. The van der Waals surface area contributed by atoms with Crippen LogP contribution in [-0.2, 0) is 0 Å². The molecule has 2 aromatic carbocycles. The van der Waals surface area contributed by atoms with Crippen molar-refractivity contribution in [2.45, 2.75) is 6.92 Å². The molecule has 0 spiro atoms. The molecule has 0 fully saturated rings. The van der Waals surface area contributed by atoms with Crippen molar-refractivity contribution in [1.29, 1.82) is 0 Å². The molecule has 3 heteroatoms. The molecule has 0 aliphatic carbocycles. The van der Waals surface area contributed by atoms with Crippen LogP contribution in [0.25, 0.3) is 10.8 Å². The van der Waals surface area contributed by atoms with Crippen molar-refractivity contribution in [2.24, 2.45) is 0 Å². The van der Waals surface area contributed by atoms with E-state index in [4.69, 9.17) is 5.11 Å². The van der Waals surface area contributed by atoms with Gasteiger partial charge in [-0.15, -0.1) is 0 Å². The van der Waals surface area contributed by atoms with Crippen molar-refractivity contribution in [2.75, 3.05) is 0 Å². The topological polar surface area (TPSA) is 37.3 Å². The molecule has 2 aromatic rings. The Bertz CT molecular complexity index is 506. The summed E-state index contributed by atoms with van der Waals surface area (Å²) < 4.78 is 0. The van der Waals surface area contributed by atoms with Crippen LogP contribution in [0.5, 0.6) is 0 Å². The summed E-state index contributed by atoms with van der Waals surface area (Å²) in [4.78, 5) is 10.7. The number of benzene rings is 2. The van der Waals surface area contributed by atoms with E-state index in [0.29, 0.717) is 5.56 Å². The number of carboxylic acids is 1. The van der Waals surface area contributed by atoms with Gasteiger partial charge in [0.2, 0.25) is 0 Å². The summed E-state index contributed by atoms with van der Waals surface area (Å²) in [7, 11) is 0. The minimum atomic E-state index is -0.882. The first-order chi connectivity index (χ1) is 6.66. The van der Waals surface area contributed by atoms with Gasteiger partial charge in [-0.25, -0.2) is 4.79 Å². The number of aryl methyl sites for hydroxylation is 1. The Balaban J connectivity index is 0.00000112. The fourth-order valence-corrected chi connectivity index (χ4v) is 1.50. The Morgan fingerprint density at radius 3 is 2.33 bits per heavy atom. The number of rotatable bonds is 1. The molecule has 1 N–H and O–H groups in total. The predicted molar refractivity (Wildman–Crippen MR) is 61.4 cm³/mol. The number of fused-ring (bicyclic) bond motifs is 1. The first-order valence-corrected chi connectivity index (χ1v) is 4.40. The molecule has 0 aliphatic heterocycles. The second kappa shape index (κ2) is 4.74. The Kier molecular flexibility index (Phi) is 3.85. The van der Waals surface area contributed by atoms with Gasteiger partial charge in [0.1, 0.15) is 0 Å². The van der Waals surface area contributed by atoms with Gasteiger partial charge < -0.3 is 5.11 Å². The maximum Gasteiger partial charge on any atom is 0.335 e. The summed E-state index contributed by atoms with van der Waals surface area (Å²) in [6.45, 7) is 2.02. The molecule has 15 heavy (non-hydrogen) atoms. The van der Waals surface area contributed by atoms with Gasteiger partial charge in [0.15, 0.2) is 0 Å². The van der Waals surface area contributed by atoms with Gasteiger partial charge in [0.05, 0.1) is 5.56 Å². The summed E-state index contributed by atoms with van der Waals surface area (Å²) in [5.41, 5.74) is 1.52. The van der Waals surface area contributed by atoms with E-state index < -0.39 is 5.97 Å². The van der Waals surface area contributed by atoms with Crippen LogP contribution < -0.4 is 0 Å². The van der Waals surface area contributed by atoms with Crippen LogP contribution in [0.4, 0.5) is 0 Å². The molecular formula is C12H10O2Tl. The Labute approximate surface area is 108 Å². The van der Waals surface area contributed by atoms with Crippen LogP contribution in [0.3, 0.4) is 0 Å². The van der Waals surface area contributed by atoms with Crippen LogP contribution in [0.15, 0.2) is 36.4 Å². The first-order valence-electron chi connectivity index (χ1n) is 4.40. The molecule has 2 nitrogen and oxygen atoms in total. The number of hydrogen-bond acceptors (Lipinski definition) is 1. The van der Waals surface area contributed by atoms with E-state index in [-0.39, 0.29) is 27.3 Å². The number of carboxylic acid groups (broad SMARTS) is 1. The second-order valence-electron chi connectivity index (χ2n) is 3.37. The van der Waals surface area contributed by atoms with Crippen molar-refractivity contribution in [3.63, 3.8) is 0 Å². The zero-order valence-corrected chi connectivity index (χ0v) is 12.9. The molecule has 73 valence electrons. The molecular weight excluding hydrogens is 381 g/mol. The quantitative estimate of drug-likeness (QED) is 0.760. The van der Waals surface area contributed by atoms with Gasteiger partial charge in [0, 0.05) is 27.3 Å². The summed E-state index contributed by atoms with van der Waals surface area (Å²) in [5, 5.41) is 10.8. The Morgan fingerprint density at radius 1 is 1.07 bits per heavy atom. The number of aromatic carboxylic acids is 1. The van der Waals surface area contributed by atoms with Gasteiger partial charge in [-0.3, -0.25) is 0 Å². The van der Waals surface area contributed by atoms with Crippen LogP contribution in [0.1, 0.15) is 15.9 Å². The molecule has 0 atom stereocenters. The number of carbonyl (C=O) groups is 1. The van der Waals surface area contributed by atoms with Crippen LogP contribution in [0, 0.1) is 6.92 Å². The molecule has 0 aliphatic rings.